The van der Waals surface area contributed by atoms with Crippen LogP contribution in [0.5, 0.6) is 0 Å². The fourth-order valence-corrected chi connectivity index (χ4v) is 2.90. The van der Waals surface area contributed by atoms with Gasteiger partial charge in [0, 0.05) is 5.56 Å². The maximum absolute atomic E-state index is 12.3. The largest absolute Gasteiger partial charge is 0.346 e. The summed E-state index contributed by atoms with van der Waals surface area (Å²) in [5.74, 6) is -0.264. The van der Waals surface area contributed by atoms with E-state index in [1.807, 2.05) is 39.0 Å². The van der Waals surface area contributed by atoms with Gasteiger partial charge in [-0.2, -0.15) is 0 Å². The second-order valence-electron chi connectivity index (χ2n) is 5.62. The number of aryl methyl sites for hydroxylation is 2. The molecule has 2 aromatic carbocycles. The first-order chi connectivity index (χ1) is 10.7. The van der Waals surface area contributed by atoms with Crippen LogP contribution in [0.1, 0.15) is 40.0 Å². The third kappa shape index (κ3) is 4.18. The molecule has 6 heteroatoms. The van der Waals surface area contributed by atoms with Gasteiger partial charge in [-0.25, -0.2) is 13.6 Å². The molecule has 0 heterocycles. The molecule has 0 spiro atoms. The lowest BCUT2D eigenvalue weighted by molar-refractivity contribution is 0.0939. The topological polar surface area (TPSA) is 89.3 Å². The Morgan fingerprint density at radius 1 is 1.09 bits per heavy atom. The molecule has 0 bridgehead atoms. The van der Waals surface area contributed by atoms with Gasteiger partial charge in [-0.1, -0.05) is 23.8 Å². The van der Waals surface area contributed by atoms with Crippen molar-refractivity contribution in [2.45, 2.75) is 31.7 Å². The Kier molecular flexibility index (Phi) is 4.87. The van der Waals surface area contributed by atoms with E-state index < -0.39 is 10.0 Å². The van der Waals surface area contributed by atoms with Crippen molar-refractivity contribution >= 4 is 15.9 Å². The van der Waals surface area contributed by atoms with Crippen LogP contribution in [0.2, 0.25) is 0 Å². The van der Waals surface area contributed by atoms with Gasteiger partial charge in [-0.05, 0) is 56.2 Å². The summed E-state index contributed by atoms with van der Waals surface area (Å²) in [4.78, 5) is 12.3. The molecule has 0 radical (unpaired) electrons. The van der Waals surface area contributed by atoms with Crippen LogP contribution in [0.3, 0.4) is 0 Å². The van der Waals surface area contributed by atoms with Gasteiger partial charge in [-0.15, -0.1) is 0 Å². The molecule has 2 aromatic rings. The van der Waals surface area contributed by atoms with Gasteiger partial charge in [0.1, 0.15) is 0 Å². The predicted octanol–water partition coefficient (Wildman–Crippen LogP) is 2.44. The highest BCUT2D eigenvalue weighted by atomic mass is 32.2. The molecular formula is C17H20N2O3S. The summed E-state index contributed by atoms with van der Waals surface area (Å²) in [6.45, 7) is 5.92. The molecule has 0 saturated heterocycles. The van der Waals surface area contributed by atoms with Crippen LogP contribution >= 0.6 is 0 Å². The molecule has 0 aliphatic heterocycles. The smallest absolute Gasteiger partial charge is 0.251 e. The Bertz CT molecular complexity index is 827. The van der Waals surface area contributed by atoms with Crippen molar-refractivity contribution in [3.63, 3.8) is 0 Å². The molecule has 2 rings (SSSR count). The van der Waals surface area contributed by atoms with E-state index in [2.05, 4.69) is 5.32 Å². The second kappa shape index (κ2) is 6.52. The monoisotopic (exact) mass is 332 g/mol. The highest BCUT2D eigenvalue weighted by Crippen LogP contribution is 2.19. The van der Waals surface area contributed by atoms with Gasteiger partial charge in [-0.3, -0.25) is 4.79 Å². The van der Waals surface area contributed by atoms with E-state index in [4.69, 9.17) is 5.14 Å². The van der Waals surface area contributed by atoms with Crippen molar-refractivity contribution in [3.8, 4) is 0 Å². The number of amides is 1. The number of primary sulfonamides is 1. The Balaban J connectivity index is 2.17. The lowest BCUT2D eigenvalue weighted by Crippen LogP contribution is -2.27. The average molecular weight is 332 g/mol. The van der Waals surface area contributed by atoms with Crippen LogP contribution in [0.25, 0.3) is 0 Å². The molecule has 122 valence electrons. The van der Waals surface area contributed by atoms with Crippen LogP contribution in [0.4, 0.5) is 0 Å². The summed E-state index contributed by atoms with van der Waals surface area (Å²) in [6.07, 6.45) is 0. The molecule has 1 amide bonds. The van der Waals surface area contributed by atoms with Crippen LogP contribution in [0, 0.1) is 13.8 Å². The van der Waals surface area contributed by atoms with Gasteiger partial charge in [0.05, 0.1) is 10.9 Å². The van der Waals surface area contributed by atoms with Gasteiger partial charge in [0.15, 0.2) is 0 Å². The van der Waals surface area contributed by atoms with Crippen LogP contribution in [-0.2, 0) is 10.0 Å². The van der Waals surface area contributed by atoms with E-state index in [0.29, 0.717) is 5.56 Å². The third-order valence-corrected chi connectivity index (χ3v) is 4.62. The van der Waals surface area contributed by atoms with Crippen molar-refractivity contribution in [3.05, 3.63) is 64.7 Å². The molecule has 0 saturated carbocycles. The molecule has 0 aliphatic carbocycles. The number of carbonyl (C=O) groups excluding carboxylic acids is 1. The molecule has 0 fully saturated rings. The standard InChI is InChI=1S/C17H20N2O3S/c1-11-4-5-12(2)16(10-11)13(3)19-17(20)14-6-8-15(9-7-14)23(18,21)22/h4-10,13H,1-3H3,(H,19,20)(H2,18,21,22). The maximum Gasteiger partial charge on any atom is 0.251 e. The second-order valence-corrected chi connectivity index (χ2v) is 7.19. The quantitative estimate of drug-likeness (QED) is 0.901. The molecule has 0 aromatic heterocycles. The fourth-order valence-electron chi connectivity index (χ4n) is 2.38. The maximum atomic E-state index is 12.3. The van der Waals surface area contributed by atoms with Crippen molar-refractivity contribution in [1.82, 2.24) is 5.32 Å². The minimum Gasteiger partial charge on any atom is -0.346 e. The number of benzene rings is 2. The zero-order valence-electron chi connectivity index (χ0n) is 13.3. The SMILES string of the molecule is Cc1ccc(C)c(C(C)NC(=O)c2ccc(S(N)(=O)=O)cc2)c1. The lowest BCUT2D eigenvalue weighted by Gasteiger charge is -2.17. The number of hydrogen-bond acceptors (Lipinski definition) is 3. The number of nitrogens with one attached hydrogen (secondary N) is 1. The zero-order chi connectivity index (χ0) is 17.2. The summed E-state index contributed by atoms with van der Waals surface area (Å²) in [7, 11) is -3.75. The van der Waals surface area contributed by atoms with E-state index in [-0.39, 0.29) is 16.8 Å². The normalized spacial score (nSPS) is 12.7. The number of rotatable bonds is 4. The van der Waals surface area contributed by atoms with Gasteiger partial charge < -0.3 is 5.32 Å². The Morgan fingerprint density at radius 3 is 2.26 bits per heavy atom. The number of hydrogen-bond donors (Lipinski definition) is 2. The predicted molar refractivity (Wildman–Crippen MR) is 89.6 cm³/mol. The fraction of sp³-hybridized carbons (Fsp3) is 0.235. The van der Waals surface area contributed by atoms with E-state index in [0.717, 1.165) is 16.7 Å². The molecule has 23 heavy (non-hydrogen) atoms. The van der Waals surface area contributed by atoms with Crippen molar-refractivity contribution in [2.24, 2.45) is 5.14 Å². The minimum atomic E-state index is -3.75. The Labute approximate surface area is 136 Å². The summed E-state index contributed by atoms with van der Waals surface area (Å²) in [6, 6.07) is 11.5. The minimum absolute atomic E-state index is 0.0170. The van der Waals surface area contributed by atoms with Crippen LogP contribution < -0.4 is 10.5 Å². The van der Waals surface area contributed by atoms with Crippen molar-refractivity contribution in [2.75, 3.05) is 0 Å². The summed E-state index contributed by atoms with van der Waals surface area (Å²) in [5.41, 5.74) is 3.67. The van der Waals surface area contributed by atoms with Crippen molar-refractivity contribution < 1.29 is 13.2 Å². The molecule has 0 aliphatic rings. The van der Waals surface area contributed by atoms with Gasteiger partial charge in [0.2, 0.25) is 10.0 Å². The van der Waals surface area contributed by atoms with E-state index in [1.54, 1.807) is 0 Å². The Morgan fingerprint density at radius 2 is 1.70 bits per heavy atom. The molecule has 1 unspecified atom stereocenters. The lowest BCUT2D eigenvalue weighted by atomic mass is 10.00. The van der Waals surface area contributed by atoms with Crippen molar-refractivity contribution in [1.29, 1.82) is 0 Å². The summed E-state index contributed by atoms with van der Waals surface area (Å²) in [5, 5.41) is 7.96. The highest BCUT2D eigenvalue weighted by molar-refractivity contribution is 7.89. The molecular weight excluding hydrogens is 312 g/mol. The molecule has 3 N–H and O–H groups in total. The number of carbonyl (C=O) groups is 1. The zero-order valence-corrected chi connectivity index (χ0v) is 14.1. The average Bonchev–Trinajstić information content (AvgIpc) is 2.48. The number of nitrogens with two attached hydrogens (primary N) is 1. The van der Waals surface area contributed by atoms with E-state index in [1.165, 1.54) is 24.3 Å². The summed E-state index contributed by atoms with van der Waals surface area (Å²) >= 11 is 0. The third-order valence-electron chi connectivity index (χ3n) is 3.69. The van der Waals surface area contributed by atoms with E-state index in [9.17, 15) is 13.2 Å². The summed E-state index contributed by atoms with van der Waals surface area (Å²) < 4.78 is 22.4. The first kappa shape index (κ1) is 17.2. The molecule has 5 nitrogen and oxygen atoms in total. The first-order valence-electron chi connectivity index (χ1n) is 7.19. The van der Waals surface area contributed by atoms with Gasteiger partial charge >= 0.3 is 0 Å². The van der Waals surface area contributed by atoms with E-state index >= 15 is 0 Å². The first-order valence-corrected chi connectivity index (χ1v) is 8.74. The highest BCUT2D eigenvalue weighted by Gasteiger charge is 2.14. The number of sulfonamides is 1. The van der Waals surface area contributed by atoms with Gasteiger partial charge in [0.25, 0.3) is 5.91 Å². The Hall–Kier alpha value is -2.18. The van der Waals surface area contributed by atoms with Crippen LogP contribution in [-0.4, -0.2) is 14.3 Å². The van der Waals surface area contributed by atoms with Crippen LogP contribution in [0.15, 0.2) is 47.4 Å². The molecule has 1 atom stereocenters.